The summed E-state index contributed by atoms with van der Waals surface area (Å²) in [6.45, 7) is 0. The van der Waals surface area contributed by atoms with Crippen LogP contribution in [0.5, 0.6) is 0 Å². The number of rotatable bonds is 6. The Morgan fingerprint density at radius 1 is 1.31 bits per heavy atom. The summed E-state index contributed by atoms with van der Waals surface area (Å²) in [6, 6.07) is 0.550. The second-order valence-electron chi connectivity index (χ2n) is 4.09. The van der Waals surface area contributed by atoms with Crippen molar-refractivity contribution in [2.75, 3.05) is 11.1 Å². The van der Waals surface area contributed by atoms with E-state index in [1.165, 1.54) is 38.5 Å². The molecule has 0 atom stereocenters. The van der Waals surface area contributed by atoms with E-state index in [0.29, 0.717) is 6.04 Å². The van der Waals surface area contributed by atoms with E-state index in [2.05, 4.69) is 31.5 Å². The number of halogens is 1. The predicted molar refractivity (Wildman–Crippen MR) is 69.1 cm³/mol. The Balaban J connectivity index is 1.86. The fraction of sp³-hybridized carbons (Fsp3) is 0.900. The molecule has 0 saturated heterocycles. The molecule has 1 aliphatic rings. The molecule has 0 spiro atoms. The number of unbranched alkanes of at least 4 members (excludes halogenated alkanes) is 1. The fourth-order valence-electron chi connectivity index (χ4n) is 2.02. The van der Waals surface area contributed by atoms with Crippen molar-refractivity contribution in [3.05, 3.63) is 0 Å². The van der Waals surface area contributed by atoms with E-state index in [9.17, 15) is 0 Å². The molecule has 1 heterocycles. The van der Waals surface area contributed by atoms with Gasteiger partial charge in [-0.25, -0.2) is 4.68 Å². The summed E-state index contributed by atoms with van der Waals surface area (Å²) < 4.78 is 2.03. The lowest BCUT2D eigenvalue weighted by atomic mass is 10.3. The molecular weight excluding hydrogens is 288 g/mol. The summed E-state index contributed by atoms with van der Waals surface area (Å²) in [5.41, 5.74) is 0. The van der Waals surface area contributed by atoms with E-state index in [4.69, 9.17) is 0 Å². The van der Waals surface area contributed by atoms with Gasteiger partial charge in [-0.1, -0.05) is 40.5 Å². The number of alkyl halides is 1. The van der Waals surface area contributed by atoms with Crippen LogP contribution in [0.4, 0.5) is 0 Å². The van der Waals surface area contributed by atoms with Crippen LogP contribution in [0.15, 0.2) is 5.16 Å². The third-order valence-corrected chi connectivity index (χ3v) is 4.47. The van der Waals surface area contributed by atoms with Crippen LogP contribution in [0.2, 0.25) is 0 Å². The molecule has 0 aromatic carbocycles. The summed E-state index contributed by atoms with van der Waals surface area (Å²) in [5.74, 6) is 1.11. The lowest BCUT2D eigenvalue weighted by molar-refractivity contribution is 0.423. The highest BCUT2D eigenvalue weighted by atomic mass is 79.9. The fourth-order valence-corrected chi connectivity index (χ4v) is 3.36. The van der Waals surface area contributed by atoms with Crippen LogP contribution >= 0.6 is 27.7 Å². The van der Waals surface area contributed by atoms with Gasteiger partial charge in [0, 0.05) is 11.1 Å². The van der Waals surface area contributed by atoms with Gasteiger partial charge in [0.15, 0.2) is 0 Å². The van der Waals surface area contributed by atoms with Gasteiger partial charge in [0.1, 0.15) is 0 Å². The molecule has 0 radical (unpaired) electrons. The quantitative estimate of drug-likeness (QED) is 0.460. The normalized spacial score (nSPS) is 17.1. The van der Waals surface area contributed by atoms with Crippen LogP contribution in [0, 0.1) is 0 Å². The smallest absolute Gasteiger partial charge is 0.209 e. The lowest BCUT2D eigenvalue weighted by Gasteiger charge is -2.10. The number of aromatic nitrogens is 4. The molecule has 1 aromatic heterocycles. The van der Waals surface area contributed by atoms with Crippen molar-refractivity contribution < 1.29 is 0 Å². The Kier molecular flexibility index (Phi) is 5.09. The van der Waals surface area contributed by atoms with Crippen molar-refractivity contribution in [2.45, 2.75) is 49.7 Å². The maximum absolute atomic E-state index is 4.12. The number of hydrogen-bond donors (Lipinski definition) is 0. The minimum absolute atomic E-state index is 0.550. The highest BCUT2D eigenvalue weighted by Crippen LogP contribution is 2.31. The molecule has 6 heteroatoms. The monoisotopic (exact) mass is 304 g/mol. The van der Waals surface area contributed by atoms with Gasteiger partial charge in [0.2, 0.25) is 5.16 Å². The van der Waals surface area contributed by atoms with Gasteiger partial charge in [-0.15, -0.1) is 5.10 Å². The van der Waals surface area contributed by atoms with Gasteiger partial charge < -0.3 is 0 Å². The molecule has 1 aromatic rings. The molecule has 90 valence electrons. The number of tetrazole rings is 1. The van der Waals surface area contributed by atoms with E-state index >= 15 is 0 Å². The van der Waals surface area contributed by atoms with Crippen LogP contribution in [-0.2, 0) is 0 Å². The first-order valence-electron chi connectivity index (χ1n) is 5.88. The Labute approximate surface area is 109 Å². The van der Waals surface area contributed by atoms with Gasteiger partial charge in [-0.2, -0.15) is 0 Å². The summed E-state index contributed by atoms with van der Waals surface area (Å²) >= 11 is 5.23. The average Bonchev–Trinajstić information content (AvgIpc) is 2.94. The standard InChI is InChI=1S/C10H17BrN4S/c11-7-3-4-8-16-10-12-13-14-15(10)9-5-1-2-6-9/h9H,1-8H2. The van der Waals surface area contributed by atoms with E-state index in [-0.39, 0.29) is 0 Å². The molecule has 1 fully saturated rings. The SMILES string of the molecule is BrCCCCSc1nnnn1C1CCCC1. The van der Waals surface area contributed by atoms with E-state index < -0.39 is 0 Å². The first kappa shape index (κ1) is 12.4. The topological polar surface area (TPSA) is 43.6 Å². The number of hydrogen-bond acceptors (Lipinski definition) is 4. The molecule has 1 aliphatic carbocycles. The first-order valence-corrected chi connectivity index (χ1v) is 7.99. The van der Waals surface area contributed by atoms with Gasteiger partial charge in [0.05, 0.1) is 6.04 Å². The van der Waals surface area contributed by atoms with E-state index in [1.807, 2.05) is 4.68 Å². The Bertz CT molecular complexity index is 312. The largest absolute Gasteiger partial charge is 0.217 e. The van der Waals surface area contributed by atoms with Crippen molar-refractivity contribution in [2.24, 2.45) is 0 Å². The summed E-state index contributed by atoms with van der Waals surface area (Å²) in [5, 5.41) is 14.1. The maximum atomic E-state index is 4.12. The predicted octanol–water partition coefficient (Wildman–Crippen LogP) is 3.06. The van der Waals surface area contributed by atoms with Gasteiger partial charge in [-0.05, 0) is 36.1 Å². The highest BCUT2D eigenvalue weighted by molar-refractivity contribution is 9.09. The first-order chi connectivity index (χ1) is 7.92. The second-order valence-corrected chi connectivity index (χ2v) is 5.94. The molecule has 0 amide bonds. The minimum Gasteiger partial charge on any atom is -0.217 e. The summed E-state index contributed by atoms with van der Waals surface area (Å²) in [6.07, 6.45) is 7.54. The lowest BCUT2D eigenvalue weighted by Crippen LogP contribution is -2.08. The molecule has 16 heavy (non-hydrogen) atoms. The number of thioether (sulfide) groups is 1. The second kappa shape index (κ2) is 6.59. The number of nitrogens with zero attached hydrogens (tertiary/aromatic N) is 4. The highest BCUT2D eigenvalue weighted by Gasteiger charge is 2.21. The van der Waals surface area contributed by atoms with Crippen LogP contribution in [-0.4, -0.2) is 31.3 Å². The molecule has 2 rings (SSSR count). The third-order valence-electron chi connectivity index (χ3n) is 2.89. The molecule has 0 N–H and O–H groups in total. The minimum atomic E-state index is 0.550. The zero-order valence-corrected chi connectivity index (χ0v) is 11.7. The van der Waals surface area contributed by atoms with Crippen LogP contribution < -0.4 is 0 Å². The Morgan fingerprint density at radius 2 is 2.12 bits per heavy atom. The van der Waals surface area contributed by atoms with E-state index in [1.54, 1.807) is 11.8 Å². The zero-order chi connectivity index (χ0) is 11.2. The maximum Gasteiger partial charge on any atom is 0.209 e. The van der Waals surface area contributed by atoms with Crippen molar-refractivity contribution in [3.63, 3.8) is 0 Å². The van der Waals surface area contributed by atoms with Crippen molar-refractivity contribution >= 4 is 27.7 Å². The zero-order valence-electron chi connectivity index (χ0n) is 9.31. The molecule has 4 nitrogen and oxygen atoms in total. The third kappa shape index (κ3) is 3.20. The molecule has 1 saturated carbocycles. The van der Waals surface area contributed by atoms with Crippen molar-refractivity contribution in [1.29, 1.82) is 0 Å². The Morgan fingerprint density at radius 3 is 2.88 bits per heavy atom. The van der Waals surface area contributed by atoms with Crippen molar-refractivity contribution in [3.8, 4) is 0 Å². The van der Waals surface area contributed by atoms with Crippen LogP contribution in [0.3, 0.4) is 0 Å². The Hall–Kier alpha value is -0.100. The van der Waals surface area contributed by atoms with Gasteiger partial charge >= 0.3 is 0 Å². The van der Waals surface area contributed by atoms with Gasteiger partial charge in [-0.3, -0.25) is 0 Å². The molecular formula is C10H17BrN4S. The van der Waals surface area contributed by atoms with E-state index in [0.717, 1.165) is 16.2 Å². The molecule has 0 bridgehead atoms. The summed E-state index contributed by atoms with van der Waals surface area (Å²) in [4.78, 5) is 0. The average molecular weight is 305 g/mol. The molecule has 0 unspecified atom stereocenters. The van der Waals surface area contributed by atoms with Crippen molar-refractivity contribution in [1.82, 2.24) is 20.2 Å². The molecule has 0 aliphatic heterocycles. The van der Waals surface area contributed by atoms with Crippen LogP contribution in [0.25, 0.3) is 0 Å². The van der Waals surface area contributed by atoms with Gasteiger partial charge in [0.25, 0.3) is 0 Å². The summed E-state index contributed by atoms with van der Waals surface area (Å²) in [7, 11) is 0. The van der Waals surface area contributed by atoms with Crippen LogP contribution in [0.1, 0.15) is 44.6 Å².